The molecular formula is C16H17BrFN3. The minimum absolute atomic E-state index is 0.0733. The Kier molecular flexibility index (Phi) is 4.33. The van der Waals surface area contributed by atoms with Crippen LogP contribution in [0.2, 0.25) is 0 Å². The third-order valence-corrected chi connectivity index (χ3v) is 4.73. The quantitative estimate of drug-likeness (QED) is 0.657. The van der Waals surface area contributed by atoms with E-state index in [-0.39, 0.29) is 17.8 Å². The number of aryl methyl sites for hydroxylation is 1. The minimum Gasteiger partial charge on any atom is -0.271 e. The second kappa shape index (κ2) is 6.22. The number of aromatic nitrogens is 1. The van der Waals surface area contributed by atoms with Gasteiger partial charge in [-0.25, -0.2) is 4.39 Å². The number of halogens is 2. The molecule has 0 aliphatic heterocycles. The molecule has 3 nitrogen and oxygen atoms in total. The predicted molar refractivity (Wildman–Crippen MR) is 84.1 cm³/mol. The second-order valence-electron chi connectivity index (χ2n) is 5.36. The van der Waals surface area contributed by atoms with E-state index >= 15 is 0 Å². The first-order valence-electron chi connectivity index (χ1n) is 7.05. The average molecular weight is 350 g/mol. The van der Waals surface area contributed by atoms with Crippen LogP contribution in [-0.4, -0.2) is 4.98 Å². The van der Waals surface area contributed by atoms with E-state index < -0.39 is 0 Å². The summed E-state index contributed by atoms with van der Waals surface area (Å²) in [5, 5.41) is 0. The highest BCUT2D eigenvalue weighted by atomic mass is 79.9. The molecule has 2 aromatic rings. The molecule has 0 amide bonds. The number of hydrogen-bond acceptors (Lipinski definition) is 3. The lowest BCUT2D eigenvalue weighted by Crippen LogP contribution is -2.34. The molecule has 0 bridgehead atoms. The van der Waals surface area contributed by atoms with E-state index in [9.17, 15) is 4.39 Å². The maximum Gasteiger partial charge on any atom is 0.137 e. The van der Waals surface area contributed by atoms with E-state index in [2.05, 4.69) is 32.4 Å². The molecule has 0 radical (unpaired) electrons. The zero-order valence-electron chi connectivity index (χ0n) is 11.5. The molecule has 1 heterocycles. The van der Waals surface area contributed by atoms with Gasteiger partial charge in [-0.2, -0.15) is 0 Å². The molecule has 110 valence electrons. The first-order valence-corrected chi connectivity index (χ1v) is 7.85. The number of nitrogens with two attached hydrogens (primary N) is 1. The second-order valence-corrected chi connectivity index (χ2v) is 6.22. The van der Waals surface area contributed by atoms with Gasteiger partial charge in [-0.1, -0.05) is 12.1 Å². The van der Waals surface area contributed by atoms with Gasteiger partial charge in [0, 0.05) is 17.8 Å². The molecule has 0 saturated heterocycles. The summed E-state index contributed by atoms with van der Waals surface area (Å²) in [4.78, 5) is 4.55. The fourth-order valence-corrected chi connectivity index (χ4v) is 3.52. The molecule has 5 heteroatoms. The number of rotatable bonds is 3. The summed E-state index contributed by atoms with van der Waals surface area (Å²) in [6.07, 6.45) is 5.02. The van der Waals surface area contributed by atoms with Gasteiger partial charge >= 0.3 is 0 Å². The van der Waals surface area contributed by atoms with Crippen LogP contribution in [0.15, 0.2) is 41.0 Å². The molecule has 0 fully saturated rings. The van der Waals surface area contributed by atoms with E-state index in [4.69, 9.17) is 5.84 Å². The van der Waals surface area contributed by atoms with Crippen LogP contribution < -0.4 is 11.3 Å². The van der Waals surface area contributed by atoms with Crippen LogP contribution in [0.3, 0.4) is 0 Å². The van der Waals surface area contributed by atoms with Crippen molar-refractivity contribution in [3.8, 4) is 0 Å². The van der Waals surface area contributed by atoms with Crippen LogP contribution in [0, 0.1) is 5.82 Å². The maximum atomic E-state index is 13.4. The molecular weight excluding hydrogens is 333 g/mol. The van der Waals surface area contributed by atoms with Gasteiger partial charge in [-0.3, -0.25) is 16.3 Å². The highest BCUT2D eigenvalue weighted by Crippen LogP contribution is 2.39. The number of benzene rings is 1. The lowest BCUT2D eigenvalue weighted by molar-refractivity contribution is 0.399. The summed E-state index contributed by atoms with van der Waals surface area (Å²) in [5.41, 5.74) is 6.25. The highest BCUT2D eigenvalue weighted by molar-refractivity contribution is 9.10. The number of fused-ring (bicyclic) bond motifs is 1. The van der Waals surface area contributed by atoms with Crippen molar-refractivity contribution in [2.75, 3.05) is 0 Å². The largest absolute Gasteiger partial charge is 0.271 e. The minimum atomic E-state index is -0.267. The van der Waals surface area contributed by atoms with E-state index in [1.807, 2.05) is 12.3 Å². The molecule has 2 atom stereocenters. The van der Waals surface area contributed by atoms with Gasteiger partial charge in [0.05, 0.1) is 10.5 Å². The number of pyridine rings is 1. The molecule has 2 unspecified atom stereocenters. The van der Waals surface area contributed by atoms with Crippen LogP contribution in [0.1, 0.15) is 41.6 Å². The number of hydrogen-bond donors (Lipinski definition) is 2. The Bertz CT molecular complexity index is 647. The fraction of sp³-hybridized carbons (Fsp3) is 0.312. The third-order valence-electron chi connectivity index (χ3n) is 4.12. The van der Waals surface area contributed by atoms with E-state index in [0.717, 1.165) is 30.5 Å². The van der Waals surface area contributed by atoms with Crippen LogP contribution in [0.4, 0.5) is 4.39 Å². The summed E-state index contributed by atoms with van der Waals surface area (Å²) in [7, 11) is 0. The van der Waals surface area contributed by atoms with Crippen molar-refractivity contribution in [3.63, 3.8) is 0 Å². The average Bonchev–Trinajstić information content (AvgIpc) is 2.52. The zero-order chi connectivity index (χ0) is 14.8. The highest BCUT2D eigenvalue weighted by Gasteiger charge is 2.29. The zero-order valence-corrected chi connectivity index (χ0v) is 13.1. The van der Waals surface area contributed by atoms with Crippen molar-refractivity contribution in [2.24, 2.45) is 5.84 Å². The first-order chi connectivity index (χ1) is 10.2. The van der Waals surface area contributed by atoms with Crippen LogP contribution in [-0.2, 0) is 6.42 Å². The van der Waals surface area contributed by atoms with E-state index in [1.165, 1.54) is 11.6 Å². The summed E-state index contributed by atoms with van der Waals surface area (Å²) in [6.45, 7) is 0. The van der Waals surface area contributed by atoms with Crippen molar-refractivity contribution >= 4 is 15.9 Å². The monoisotopic (exact) mass is 349 g/mol. The predicted octanol–water partition coefficient (Wildman–Crippen LogP) is 3.61. The summed E-state index contributed by atoms with van der Waals surface area (Å²) >= 11 is 3.24. The Balaban J connectivity index is 1.99. The van der Waals surface area contributed by atoms with Gasteiger partial charge in [-0.05, 0) is 64.5 Å². The summed E-state index contributed by atoms with van der Waals surface area (Å²) < 4.78 is 13.9. The molecule has 0 saturated carbocycles. The summed E-state index contributed by atoms with van der Waals surface area (Å²) in [5.74, 6) is 5.73. The van der Waals surface area contributed by atoms with E-state index in [0.29, 0.717) is 4.47 Å². The van der Waals surface area contributed by atoms with Crippen molar-refractivity contribution in [2.45, 2.75) is 31.2 Å². The smallest absolute Gasteiger partial charge is 0.137 e. The Morgan fingerprint density at radius 3 is 3.00 bits per heavy atom. The first kappa shape index (κ1) is 14.6. The Morgan fingerprint density at radius 1 is 1.38 bits per heavy atom. The molecule has 3 N–H and O–H groups in total. The molecule has 0 spiro atoms. The standard InChI is InChI=1S/C16H17BrFN3/c17-13-9-11(6-7-14(13)18)16(21-19)12-5-1-3-10-4-2-8-20-15(10)12/h2,4,6-9,12,16,21H,1,3,5,19H2. The number of nitrogens with zero attached hydrogens (tertiary/aromatic N) is 1. The van der Waals surface area contributed by atoms with Gasteiger partial charge in [0.15, 0.2) is 0 Å². The van der Waals surface area contributed by atoms with Crippen molar-refractivity contribution in [3.05, 3.63) is 63.6 Å². The molecule has 1 aliphatic rings. The molecule has 1 aliphatic carbocycles. The molecule has 1 aromatic carbocycles. The number of nitrogens with one attached hydrogen (secondary N) is 1. The van der Waals surface area contributed by atoms with Crippen molar-refractivity contribution in [1.82, 2.24) is 10.4 Å². The van der Waals surface area contributed by atoms with Crippen molar-refractivity contribution in [1.29, 1.82) is 0 Å². The lowest BCUT2D eigenvalue weighted by Gasteiger charge is -2.31. The lowest BCUT2D eigenvalue weighted by atomic mass is 9.80. The Morgan fingerprint density at radius 2 is 2.24 bits per heavy atom. The third kappa shape index (κ3) is 2.86. The molecule has 3 rings (SSSR count). The van der Waals surface area contributed by atoms with Gasteiger partial charge in [-0.15, -0.1) is 0 Å². The number of hydrazine groups is 1. The van der Waals surface area contributed by atoms with E-state index in [1.54, 1.807) is 12.1 Å². The summed E-state index contributed by atoms with van der Waals surface area (Å²) in [6, 6.07) is 9.06. The van der Waals surface area contributed by atoms with Crippen LogP contribution >= 0.6 is 15.9 Å². The SMILES string of the molecule is NNC(c1ccc(F)c(Br)c1)C1CCCc2cccnc21. The Labute approximate surface area is 131 Å². The van der Waals surface area contributed by atoms with Gasteiger partial charge in [0.2, 0.25) is 0 Å². The van der Waals surface area contributed by atoms with Gasteiger partial charge in [0.1, 0.15) is 5.82 Å². The Hall–Kier alpha value is -1.30. The van der Waals surface area contributed by atoms with Gasteiger partial charge in [0.25, 0.3) is 0 Å². The normalized spacial score (nSPS) is 19.1. The molecule has 1 aromatic heterocycles. The van der Waals surface area contributed by atoms with Crippen LogP contribution in [0.25, 0.3) is 0 Å². The van der Waals surface area contributed by atoms with Crippen LogP contribution in [0.5, 0.6) is 0 Å². The van der Waals surface area contributed by atoms with Crippen molar-refractivity contribution < 1.29 is 4.39 Å². The molecule has 21 heavy (non-hydrogen) atoms. The topological polar surface area (TPSA) is 50.9 Å². The fourth-order valence-electron chi connectivity index (χ4n) is 3.12. The maximum absolute atomic E-state index is 13.4. The van der Waals surface area contributed by atoms with Gasteiger partial charge < -0.3 is 0 Å².